The Morgan fingerprint density at radius 3 is 1.71 bits per heavy atom. The first kappa shape index (κ1) is 11.0. The first-order chi connectivity index (χ1) is 2.56. The van der Waals surface area contributed by atoms with Crippen LogP contribution in [0.2, 0.25) is 0 Å². The van der Waals surface area contributed by atoms with Gasteiger partial charge in [-0.15, -0.1) is 0 Å². The maximum atomic E-state index is 9.56. The zero-order chi connectivity index (χ0) is 5.21. The Kier molecular flexibility index (Phi) is 6.44. The third-order valence-corrected chi connectivity index (χ3v) is 1.09. The molecule has 0 heterocycles. The summed E-state index contributed by atoms with van der Waals surface area (Å²) in [6.07, 6.45) is 0. The second-order valence-corrected chi connectivity index (χ2v) is 2.61. The quantitative estimate of drug-likeness (QED) is 0.386. The van der Waals surface area contributed by atoms with Gasteiger partial charge in [0.05, 0.1) is 5.75 Å². The van der Waals surface area contributed by atoms with E-state index in [-0.39, 0.29) is 43.5 Å². The maximum absolute atomic E-state index is 9.56. The van der Waals surface area contributed by atoms with Gasteiger partial charge in [0.1, 0.15) is 0 Å². The molecule has 0 aromatic heterocycles. The molecule has 0 amide bonds. The molecule has 0 unspecified atom stereocenters. The number of hydrogen-bond acceptors (Lipinski definition) is 2. The van der Waals surface area contributed by atoms with Crippen LogP contribution in [0.15, 0.2) is 0 Å². The molecule has 0 fully saturated rings. The summed E-state index contributed by atoms with van der Waals surface area (Å²) in [5.74, 6) is -0.201. The molecule has 0 aliphatic heterocycles. The van der Waals surface area contributed by atoms with E-state index in [1.54, 1.807) is 0 Å². The summed E-state index contributed by atoms with van der Waals surface area (Å²) >= 11 is 0. The molecule has 0 aromatic rings. The van der Waals surface area contributed by atoms with E-state index < -0.39 is 10.1 Å². The van der Waals surface area contributed by atoms with E-state index in [1.165, 1.54) is 6.92 Å². The van der Waals surface area contributed by atoms with Gasteiger partial charge in [-0.05, 0) is 6.92 Å². The molecule has 0 radical (unpaired) electrons. The van der Waals surface area contributed by atoms with Crippen LogP contribution < -0.4 is 0 Å². The molecule has 0 spiro atoms. The second-order valence-electron chi connectivity index (χ2n) is 0.871. The molecule has 5 heteroatoms. The van der Waals surface area contributed by atoms with Crippen LogP contribution in [0.5, 0.6) is 0 Å². The Hall–Kier alpha value is 1.17. The van der Waals surface area contributed by atoms with Crippen molar-refractivity contribution in [3.8, 4) is 0 Å². The van der Waals surface area contributed by atoms with Gasteiger partial charge in [-0.3, -0.25) is 4.55 Å². The van der Waals surface area contributed by atoms with E-state index >= 15 is 0 Å². The van der Waals surface area contributed by atoms with Crippen molar-refractivity contribution in [2.45, 2.75) is 6.92 Å². The average Bonchev–Trinajstić information content (AvgIpc) is 1.35. The standard InChI is InChI=1S/C2H6O3S.Ca.2H/c1-2-6(3,4)5;;;/h2H2,1H3,(H,3,4,5);;;. The van der Waals surface area contributed by atoms with Crippen molar-refractivity contribution in [2.24, 2.45) is 0 Å². The van der Waals surface area contributed by atoms with Crippen molar-refractivity contribution in [1.82, 2.24) is 0 Å². The zero-order valence-corrected chi connectivity index (χ0v) is 4.20. The topological polar surface area (TPSA) is 54.4 Å². The van der Waals surface area contributed by atoms with Crippen molar-refractivity contribution in [1.29, 1.82) is 0 Å². The van der Waals surface area contributed by atoms with Gasteiger partial charge >= 0.3 is 37.7 Å². The predicted molar refractivity (Wildman–Crippen MR) is 30.6 cm³/mol. The second kappa shape index (κ2) is 4.09. The molecule has 0 aliphatic carbocycles. The van der Waals surface area contributed by atoms with Gasteiger partial charge in [0, 0.05) is 0 Å². The van der Waals surface area contributed by atoms with Crippen molar-refractivity contribution in [3.63, 3.8) is 0 Å². The monoisotopic (exact) mass is 152 g/mol. The van der Waals surface area contributed by atoms with Crippen LogP contribution in [0.1, 0.15) is 6.92 Å². The van der Waals surface area contributed by atoms with Crippen molar-refractivity contribution >= 4 is 47.9 Å². The van der Waals surface area contributed by atoms with Gasteiger partial charge < -0.3 is 0 Å². The molecular weight excluding hydrogens is 144 g/mol. The van der Waals surface area contributed by atoms with Crippen molar-refractivity contribution in [3.05, 3.63) is 0 Å². The summed E-state index contributed by atoms with van der Waals surface area (Å²) in [6.45, 7) is 1.37. The third-order valence-electron chi connectivity index (χ3n) is 0.365. The third kappa shape index (κ3) is 11.0. The Bertz CT molecular complexity index is 115. The molecular formula is C2H8CaO3S. The Labute approximate surface area is 72.8 Å². The van der Waals surface area contributed by atoms with E-state index in [0.717, 1.165) is 0 Å². The summed E-state index contributed by atoms with van der Waals surface area (Å²) in [6, 6.07) is 0. The normalized spacial score (nSPS) is 10.0. The van der Waals surface area contributed by atoms with Crippen LogP contribution >= 0.6 is 0 Å². The van der Waals surface area contributed by atoms with E-state index in [1.807, 2.05) is 0 Å². The molecule has 0 saturated heterocycles. The molecule has 3 nitrogen and oxygen atoms in total. The van der Waals surface area contributed by atoms with Gasteiger partial charge in [-0.25, -0.2) is 0 Å². The summed E-state index contributed by atoms with van der Waals surface area (Å²) in [5.41, 5.74) is 0. The van der Waals surface area contributed by atoms with E-state index in [0.29, 0.717) is 0 Å². The Morgan fingerprint density at radius 2 is 1.71 bits per heavy atom. The molecule has 0 bridgehead atoms. The van der Waals surface area contributed by atoms with Gasteiger partial charge in [0.15, 0.2) is 0 Å². The van der Waals surface area contributed by atoms with Crippen LogP contribution in [0.3, 0.4) is 0 Å². The molecule has 1 N–H and O–H groups in total. The Balaban J connectivity index is 0. The minimum atomic E-state index is -3.66. The summed E-state index contributed by atoms with van der Waals surface area (Å²) < 4.78 is 26.9. The van der Waals surface area contributed by atoms with Crippen molar-refractivity contribution < 1.29 is 13.0 Å². The van der Waals surface area contributed by atoms with E-state index in [2.05, 4.69) is 0 Å². The van der Waals surface area contributed by atoms with Crippen LogP contribution in [0.25, 0.3) is 0 Å². The summed E-state index contributed by atoms with van der Waals surface area (Å²) in [5, 5.41) is 0. The first-order valence-corrected chi connectivity index (χ1v) is 3.12. The fraction of sp³-hybridized carbons (Fsp3) is 1.00. The fourth-order valence-electron chi connectivity index (χ4n) is 0. The van der Waals surface area contributed by atoms with E-state index in [9.17, 15) is 8.42 Å². The SMILES string of the molecule is CCS(=O)(=O)O.[CaH2]. The number of hydrogen-bond donors (Lipinski definition) is 1. The molecule has 0 saturated carbocycles. The number of rotatable bonds is 1. The molecule has 7 heavy (non-hydrogen) atoms. The Morgan fingerprint density at radius 1 is 1.57 bits per heavy atom. The van der Waals surface area contributed by atoms with Crippen LogP contribution in [-0.2, 0) is 10.1 Å². The zero-order valence-electron chi connectivity index (χ0n) is 3.38. The van der Waals surface area contributed by atoms with Gasteiger partial charge in [0.25, 0.3) is 10.1 Å². The van der Waals surface area contributed by atoms with Gasteiger partial charge in [-0.2, -0.15) is 8.42 Å². The van der Waals surface area contributed by atoms with Gasteiger partial charge in [-0.1, -0.05) is 0 Å². The molecule has 0 aromatic carbocycles. The fourth-order valence-corrected chi connectivity index (χ4v) is 0. The van der Waals surface area contributed by atoms with Crippen molar-refractivity contribution in [2.75, 3.05) is 5.75 Å². The summed E-state index contributed by atoms with van der Waals surface area (Å²) in [4.78, 5) is 0. The first-order valence-electron chi connectivity index (χ1n) is 1.51. The van der Waals surface area contributed by atoms with Crippen LogP contribution in [0, 0.1) is 0 Å². The van der Waals surface area contributed by atoms with E-state index in [4.69, 9.17) is 4.55 Å². The minimum absolute atomic E-state index is 0. The predicted octanol–water partition coefficient (Wildman–Crippen LogP) is -1.02. The van der Waals surface area contributed by atoms with Crippen LogP contribution in [-0.4, -0.2) is 56.5 Å². The molecule has 42 valence electrons. The van der Waals surface area contributed by atoms with Gasteiger partial charge in [0.2, 0.25) is 0 Å². The van der Waals surface area contributed by atoms with Crippen LogP contribution in [0.4, 0.5) is 0 Å². The molecule has 0 aliphatic rings. The molecule has 0 rings (SSSR count). The molecule has 0 atom stereocenters. The summed E-state index contributed by atoms with van der Waals surface area (Å²) in [7, 11) is -3.66. The average molecular weight is 152 g/mol.